The van der Waals surface area contributed by atoms with Crippen LogP contribution in [-0.4, -0.2) is 11.4 Å². The van der Waals surface area contributed by atoms with Gasteiger partial charge in [-0.25, -0.2) is 4.39 Å². The average Bonchev–Trinajstić information content (AvgIpc) is 2.33. The summed E-state index contributed by atoms with van der Waals surface area (Å²) in [5.41, 5.74) is 6.09. The molecule has 0 radical (unpaired) electrons. The number of carbonyl (C=O) groups excluding carboxylic acids is 1. The second-order valence-corrected chi connectivity index (χ2v) is 5.83. The molecule has 1 amide bonds. The van der Waals surface area contributed by atoms with E-state index in [1.807, 2.05) is 6.92 Å². The molecule has 3 nitrogen and oxygen atoms in total. The van der Waals surface area contributed by atoms with Crippen LogP contribution in [-0.2, 0) is 4.79 Å². The molecule has 1 aromatic rings. The van der Waals surface area contributed by atoms with Gasteiger partial charge < -0.3 is 11.1 Å². The van der Waals surface area contributed by atoms with E-state index < -0.39 is 11.4 Å². The molecule has 0 aromatic heterocycles. The Hall–Kier alpha value is -0.840. The van der Waals surface area contributed by atoms with E-state index in [0.29, 0.717) is 5.69 Å². The number of nitrogens with one attached hydrogen (secondary N) is 1. The van der Waals surface area contributed by atoms with E-state index >= 15 is 0 Å². The molecular formula is C14H19Cl2FN2O. The second kappa shape index (κ2) is 6.74. The van der Waals surface area contributed by atoms with Crippen LogP contribution < -0.4 is 11.1 Å². The fourth-order valence-electron chi connectivity index (χ4n) is 2.59. The highest BCUT2D eigenvalue weighted by molar-refractivity contribution is 6.30. The summed E-state index contributed by atoms with van der Waals surface area (Å²) in [4.78, 5) is 12.2. The largest absolute Gasteiger partial charge is 0.326 e. The maximum Gasteiger partial charge on any atom is 0.229 e. The molecule has 2 rings (SSSR count). The van der Waals surface area contributed by atoms with Crippen LogP contribution in [0.25, 0.3) is 0 Å². The van der Waals surface area contributed by atoms with Crippen LogP contribution in [0.4, 0.5) is 10.1 Å². The molecule has 1 aliphatic carbocycles. The molecule has 6 heteroatoms. The van der Waals surface area contributed by atoms with Gasteiger partial charge in [-0.2, -0.15) is 0 Å². The lowest BCUT2D eigenvalue weighted by Crippen LogP contribution is -2.51. The molecule has 0 bridgehead atoms. The lowest BCUT2D eigenvalue weighted by atomic mass is 9.74. The third-order valence-corrected chi connectivity index (χ3v) is 4.06. The van der Waals surface area contributed by atoms with Crippen molar-refractivity contribution in [1.82, 2.24) is 0 Å². The summed E-state index contributed by atoms with van der Waals surface area (Å²) in [6.07, 6.45) is 3.65. The predicted octanol–water partition coefficient (Wildman–Crippen LogP) is 3.75. The second-order valence-electron chi connectivity index (χ2n) is 5.42. The van der Waals surface area contributed by atoms with Gasteiger partial charge >= 0.3 is 0 Å². The van der Waals surface area contributed by atoms with E-state index in [-0.39, 0.29) is 29.3 Å². The highest BCUT2D eigenvalue weighted by atomic mass is 35.5. The SMILES string of the molecule is CC1(N)CCCCC1C(=O)Nc1ccc(Cl)c(F)c1.Cl. The lowest BCUT2D eigenvalue weighted by Gasteiger charge is -2.37. The third-order valence-electron chi connectivity index (χ3n) is 3.76. The molecule has 2 atom stereocenters. The van der Waals surface area contributed by atoms with Gasteiger partial charge in [0.2, 0.25) is 5.91 Å². The molecule has 20 heavy (non-hydrogen) atoms. The standard InChI is InChI=1S/C14H18ClFN2O.ClH/c1-14(17)7-3-2-4-10(14)13(19)18-9-5-6-11(15)12(16)8-9;/h5-6,8,10H,2-4,7,17H2,1H3,(H,18,19);1H. The maximum absolute atomic E-state index is 13.3. The summed E-state index contributed by atoms with van der Waals surface area (Å²) in [5.74, 6) is -0.926. The van der Waals surface area contributed by atoms with Crippen LogP contribution in [0.5, 0.6) is 0 Å². The molecule has 0 spiro atoms. The van der Waals surface area contributed by atoms with Crippen molar-refractivity contribution in [2.75, 3.05) is 5.32 Å². The Balaban J connectivity index is 0.00000200. The molecule has 0 heterocycles. The van der Waals surface area contributed by atoms with E-state index in [1.165, 1.54) is 12.1 Å². The lowest BCUT2D eigenvalue weighted by molar-refractivity contribution is -0.122. The van der Waals surface area contributed by atoms with Crippen molar-refractivity contribution < 1.29 is 9.18 Å². The van der Waals surface area contributed by atoms with Crippen LogP contribution in [0.3, 0.4) is 0 Å². The Bertz CT molecular complexity index is 494. The number of anilines is 1. The smallest absolute Gasteiger partial charge is 0.229 e. The zero-order valence-electron chi connectivity index (χ0n) is 11.3. The Kier molecular flexibility index (Phi) is 5.80. The summed E-state index contributed by atoms with van der Waals surface area (Å²) in [6.45, 7) is 1.90. The number of benzene rings is 1. The molecule has 2 unspecified atom stereocenters. The van der Waals surface area contributed by atoms with Crippen molar-refractivity contribution >= 4 is 35.6 Å². The van der Waals surface area contributed by atoms with Crippen molar-refractivity contribution in [3.63, 3.8) is 0 Å². The first-order valence-corrected chi connectivity index (χ1v) is 6.83. The molecular weight excluding hydrogens is 302 g/mol. The molecule has 0 saturated heterocycles. The Morgan fingerprint density at radius 1 is 1.50 bits per heavy atom. The van der Waals surface area contributed by atoms with Gasteiger partial charge in [-0.3, -0.25) is 4.79 Å². The predicted molar refractivity (Wildman–Crippen MR) is 81.8 cm³/mol. The highest BCUT2D eigenvalue weighted by Gasteiger charge is 2.37. The molecule has 1 aromatic carbocycles. The van der Waals surface area contributed by atoms with Gasteiger partial charge in [0.05, 0.1) is 10.9 Å². The highest BCUT2D eigenvalue weighted by Crippen LogP contribution is 2.32. The summed E-state index contributed by atoms with van der Waals surface area (Å²) in [6, 6.07) is 4.23. The van der Waals surface area contributed by atoms with Crippen LogP contribution in [0.15, 0.2) is 18.2 Å². The van der Waals surface area contributed by atoms with E-state index in [1.54, 1.807) is 6.07 Å². The van der Waals surface area contributed by atoms with Crippen LogP contribution in [0, 0.1) is 11.7 Å². The molecule has 0 aliphatic heterocycles. The zero-order valence-corrected chi connectivity index (χ0v) is 12.9. The topological polar surface area (TPSA) is 55.1 Å². The minimum atomic E-state index is -0.543. The van der Waals surface area contributed by atoms with Crippen molar-refractivity contribution in [1.29, 1.82) is 0 Å². The van der Waals surface area contributed by atoms with Gasteiger partial charge in [0, 0.05) is 11.2 Å². The number of hydrogen-bond acceptors (Lipinski definition) is 2. The quantitative estimate of drug-likeness (QED) is 0.872. The molecule has 1 aliphatic rings. The number of rotatable bonds is 2. The maximum atomic E-state index is 13.3. The number of carbonyl (C=O) groups is 1. The van der Waals surface area contributed by atoms with E-state index in [2.05, 4.69) is 5.32 Å². The molecule has 1 saturated carbocycles. The van der Waals surface area contributed by atoms with Crippen molar-refractivity contribution in [3.8, 4) is 0 Å². The summed E-state index contributed by atoms with van der Waals surface area (Å²) in [7, 11) is 0. The van der Waals surface area contributed by atoms with Gasteiger partial charge in [0.1, 0.15) is 5.82 Å². The van der Waals surface area contributed by atoms with Gasteiger partial charge in [-0.05, 0) is 38.0 Å². The Labute approximate surface area is 129 Å². The first-order valence-electron chi connectivity index (χ1n) is 6.45. The van der Waals surface area contributed by atoms with Crippen molar-refractivity contribution in [2.45, 2.75) is 38.1 Å². The summed E-state index contributed by atoms with van der Waals surface area (Å²) in [5, 5.41) is 2.76. The average molecular weight is 321 g/mol. The number of hydrogen-bond donors (Lipinski definition) is 2. The van der Waals surface area contributed by atoms with Crippen LogP contribution in [0.1, 0.15) is 32.6 Å². The van der Waals surface area contributed by atoms with E-state index in [9.17, 15) is 9.18 Å². The molecule has 1 fully saturated rings. The number of halogens is 3. The Morgan fingerprint density at radius 3 is 2.80 bits per heavy atom. The van der Waals surface area contributed by atoms with Gasteiger partial charge in [0.25, 0.3) is 0 Å². The first-order chi connectivity index (χ1) is 8.90. The fourth-order valence-corrected chi connectivity index (χ4v) is 2.71. The van der Waals surface area contributed by atoms with Gasteiger partial charge in [-0.1, -0.05) is 24.4 Å². The van der Waals surface area contributed by atoms with Gasteiger partial charge in [-0.15, -0.1) is 12.4 Å². The van der Waals surface area contributed by atoms with E-state index in [4.69, 9.17) is 17.3 Å². The van der Waals surface area contributed by atoms with Crippen LogP contribution in [0.2, 0.25) is 5.02 Å². The third kappa shape index (κ3) is 3.84. The minimum Gasteiger partial charge on any atom is -0.326 e. The normalized spacial score (nSPS) is 25.7. The number of nitrogens with two attached hydrogens (primary N) is 1. The zero-order chi connectivity index (χ0) is 14.0. The van der Waals surface area contributed by atoms with Gasteiger partial charge in [0.15, 0.2) is 0 Å². The monoisotopic (exact) mass is 320 g/mol. The summed E-state index contributed by atoms with van der Waals surface area (Å²) >= 11 is 5.60. The van der Waals surface area contributed by atoms with Crippen molar-refractivity contribution in [3.05, 3.63) is 29.0 Å². The van der Waals surface area contributed by atoms with Crippen LogP contribution >= 0.6 is 24.0 Å². The van der Waals surface area contributed by atoms with E-state index in [0.717, 1.165) is 25.7 Å². The first kappa shape index (κ1) is 17.2. The molecule has 112 valence electrons. The minimum absolute atomic E-state index is 0. The number of amides is 1. The molecule has 3 N–H and O–H groups in total. The fraction of sp³-hybridized carbons (Fsp3) is 0.500. The Morgan fingerprint density at radius 2 is 2.20 bits per heavy atom. The summed E-state index contributed by atoms with van der Waals surface area (Å²) < 4.78 is 13.3. The van der Waals surface area contributed by atoms with Crippen molar-refractivity contribution in [2.24, 2.45) is 11.7 Å².